The zero-order chi connectivity index (χ0) is 14.2. The lowest BCUT2D eigenvalue weighted by Crippen LogP contribution is -2.45. The first-order valence-electron chi connectivity index (χ1n) is 8.16. The van der Waals surface area contributed by atoms with Gasteiger partial charge in [-0.2, -0.15) is 5.26 Å². The molecule has 0 aromatic rings. The zero-order valence-corrected chi connectivity index (χ0v) is 12.4. The first kappa shape index (κ1) is 15.3. The molecule has 1 heterocycles. The van der Waals surface area contributed by atoms with Gasteiger partial charge >= 0.3 is 0 Å². The van der Waals surface area contributed by atoms with E-state index in [9.17, 15) is 4.79 Å². The normalized spacial score (nSPS) is 22.9. The summed E-state index contributed by atoms with van der Waals surface area (Å²) in [6.07, 6.45) is 10.4. The second kappa shape index (κ2) is 8.26. The molecule has 0 aromatic heterocycles. The summed E-state index contributed by atoms with van der Waals surface area (Å²) in [6.45, 7) is 2.38. The predicted octanol–water partition coefficient (Wildman–Crippen LogP) is 2.45. The van der Waals surface area contributed by atoms with Gasteiger partial charge < -0.3 is 5.32 Å². The van der Waals surface area contributed by atoms with Gasteiger partial charge in [-0.1, -0.05) is 25.7 Å². The Morgan fingerprint density at radius 3 is 2.35 bits per heavy atom. The number of hydrogen-bond donors (Lipinski definition) is 1. The molecule has 2 fully saturated rings. The van der Waals surface area contributed by atoms with Crippen molar-refractivity contribution >= 4 is 5.91 Å². The molecule has 1 saturated heterocycles. The second-order valence-corrected chi connectivity index (χ2v) is 6.34. The molecule has 112 valence electrons. The number of nitrogens with zero attached hydrogens (tertiary/aromatic N) is 2. The molecule has 2 aliphatic rings. The molecular formula is C16H27N3O. The van der Waals surface area contributed by atoms with Crippen LogP contribution < -0.4 is 5.32 Å². The van der Waals surface area contributed by atoms with Crippen LogP contribution in [-0.2, 0) is 4.79 Å². The number of nitriles is 1. The molecule has 0 unspecified atom stereocenters. The van der Waals surface area contributed by atoms with Crippen molar-refractivity contribution in [3.63, 3.8) is 0 Å². The van der Waals surface area contributed by atoms with E-state index in [0.717, 1.165) is 32.4 Å². The number of carbonyl (C=O) groups excluding carboxylic acids is 1. The number of amides is 1. The van der Waals surface area contributed by atoms with Gasteiger partial charge in [0.25, 0.3) is 0 Å². The van der Waals surface area contributed by atoms with Crippen LogP contribution in [0.3, 0.4) is 0 Å². The number of nitrogens with one attached hydrogen (secondary N) is 1. The molecule has 4 heteroatoms. The molecular weight excluding hydrogens is 250 g/mol. The maximum atomic E-state index is 12.1. The van der Waals surface area contributed by atoms with E-state index in [2.05, 4.69) is 16.3 Å². The van der Waals surface area contributed by atoms with Crippen molar-refractivity contribution in [1.29, 1.82) is 5.26 Å². The molecule has 0 radical (unpaired) electrons. The molecule has 0 spiro atoms. The Balaban J connectivity index is 1.66. The van der Waals surface area contributed by atoms with E-state index in [4.69, 9.17) is 5.26 Å². The maximum Gasteiger partial charge on any atom is 0.220 e. The van der Waals surface area contributed by atoms with E-state index in [-0.39, 0.29) is 5.91 Å². The number of carbonyl (C=O) groups is 1. The second-order valence-electron chi connectivity index (χ2n) is 6.34. The first-order valence-corrected chi connectivity index (χ1v) is 8.16. The van der Waals surface area contributed by atoms with Crippen molar-refractivity contribution in [2.75, 3.05) is 19.6 Å². The molecule has 0 aromatic carbocycles. The lowest BCUT2D eigenvalue weighted by molar-refractivity contribution is -0.123. The van der Waals surface area contributed by atoms with Gasteiger partial charge in [0, 0.05) is 25.6 Å². The van der Waals surface area contributed by atoms with Gasteiger partial charge in [0.1, 0.15) is 0 Å². The molecule has 1 saturated carbocycles. The standard InChI is InChI=1S/C16H27N3O/c17-9-12-19-10-7-15(8-11-19)18-16(20)13-14-5-3-1-2-4-6-14/h14-15H,1-8,10-13H2,(H,18,20). The number of likely N-dealkylation sites (tertiary alicyclic amines) is 1. The van der Waals surface area contributed by atoms with Crippen LogP contribution in [-0.4, -0.2) is 36.5 Å². The lowest BCUT2D eigenvalue weighted by Gasteiger charge is -2.31. The Morgan fingerprint density at radius 2 is 1.75 bits per heavy atom. The molecule has 1 aliphatic carbocycles. The fourth-order valence-corrected chi connectivity index (χ4v) is 3.45. The van der Waals surface area contributed by atoms with Crippen LogP contribution in [0.2, 0.25) is 0 Å². The minimum Gasteiger partial charge on any atom is -0.353 e. The van der Waals surface area contributed by atoms with E-state index < -0.39 is 0 Å². The van der Waals surface area contributed by atoms with Crippen LogP contribution in [0.1, 0.15) is 57.8 Å². The van der Waals surface area contributed by atoms with Crippen molar-refractivity contribution in [3.05, 3.63) is 0 Å². The Kier molecular flexibility index (Phi) is 6.32. The molecule has 1 amide bonds. The molecule has 4 nitrogen and oxygen atoms in total. The summed E-state index contributed by atoms with van der Waals surface area (Å²) in [5.74, 6) is 0.854. The van der Waals surface area contributed by atoms with E-state index in [1.165, 1.54) is 38.5 Å². The van der Waals surface area contributed by atoms with Crippen LogP contribution in [0, 0.1) is 17.2 Å². The van der Waals surface area contributed by atoms with Crippen LogP contribution in [0.25, 0.3) is 0 Å². The van der Waals surface area contributed by atoms with Gasteiger partial charge in [0.05, 0.1) is 12.6 Å². The largest absolute Gasteiger partial charge is 0.353 e. The third-order valence-corrected chi connectivity index (χ3v) is 4.70. The van der Waals surface area contributed by atoms with Gasteiger partial charge in [0.2, 0.25) is 5.91 Å². The highest BCUT2D eigenvalue weighted by molar-refractivity contribution is 5.76. The molecule has 1 N–H and O–H groups in total. The van der Waals surface area contributed by atoms with Crippen molar-refractivity contribution < 1.29 is 4.79 Å². The number of piperidine rings is 1. The Labute approximate surface area is 122 Å². The van der Waals surface area contributed by atoms with Crippen LogP contribution in [0.4, 0.5) is 0 Å². The topological polar surface area (TPSA) is 56.1 Å². The third kappa shape index (κ3) is 5.13. The minimum absolute atomic E-state index is 0.246. The monoisotopic (exact) mass is 277 g/mol. The Hall–Kier alpha value is -1.08. The fourth-order valence-electron chi connectivity index (χ4n) is 3.45. The van der Waals surface area contributed by atoms with Gasteiger partial charge in [-0.3, -0.25) is 9.69 Å². The van der Waals surface area contributed by atoms with E-state index in [1.54, 1.807) is 0 Å². The average molecular weight is 277 g/mol. The van der Waals surface area contributed by atoms with E-state index in [1.807, 2.05) is 0 Å². The van der Waals surface area contributed by atoms with E-state index in [0.29, 0.717) is 18.5 Å². The molecule has 0 atom stereocenters. The van der Waals surface area contributed by atoms with Crippen molar-refractivity contribution in [2.24, 2.45) is 5.92 Å². The highest BCUT2D eigenvalue weighted by Gasteiger charge is 2.22. The fraction of sp³-hybridized carbons (Fsp3) is 0.875. The summed E-state index contributed by atoms with van der Waals surface area (Å²) >= 11 is 0. The number of hydrogen-bond acceptors (Lipinski definition) is 3. The van der Waals surface area contributed by atoms with Crippen LogP contribution in [0.15, 0.2) is 0 Å². The van der Waals surface area contributed by atoms with Gasteiger partial charge in [-0.25, -0.2) is 0 Å². The highest BCUT2D eigenvalue weighted by Crippen LogP contribution is 2.25. The minimum atomic E-state index is 0.246. The summed E-state index contributed by atoms with van der Waals surface area (Å²) in [7, 11) is 0. The van der Waals surface area contributed by atoms with Crippen molar-refractivity contribution in [1.82, 2.24) is 10.2 Å². The molecule has 2 rings (SSSR count). The third-order valence-electron chi connectivity index (χ3n) is 4.70. The van der Waals surface area contributed by atoms with Crippen molar-refractivity contribution in [2.45, 2.75) is 63.8 Å². The van der Waals surface area contributed by atoms with Gasteiger partial charge in [0.15, 0.2) is 0 Å². The lowest BCUT2D eigenvalue weighted by atomic mass is 9.95. The van der Waals surface area contributed by atoms with Crippen LogP contribution in [0.5, 0.6) is 0 Å². The van der Waals surface area contributed by atoms with Crippen LogP contribution >= 0.6 is 0 Å². The smallest absolute Gasteiger partial charge is 0.220 e. The van der Waals surface area contributed by atoms with Gasteiger partial charge in [-0.05, 0) is 31.6 Å². The molecule has 0 bridgehead atoms. The van der Waals surface area contributed by atoms with Gasteiger partial charge in [-0.15, -0.1) is 0 Å². The summed E-state index contributed by atoms with van der Waals surface area (Å²) < 4.78 is 0. The Morgan fingerprint density at radius 1 is 1.10 bits per heavy atom. The summed E-state index contributed by atoms with van der Waals surface area (Å²) in [5, 5.41) is 11.9. The first-order chi connectivity index (χ1) is 9.78. The summed E-state index contributed by atoms with van der Waals surface area (Å²) in [5.41, 5.74) is 0. The Bertz CT molecular complexity index is 334. The zero-order valence-electron chi connectivity index (χ0n) is 12.4. The highest BCUT2D eigenvalue weighted by atomic mass is 16.1. The van der Waals surface area contributed by atoms with E-state index >= 15 is 0 Å². The predicted molar refractivity (Wildman–Crippen MR) is 79.0 cm³/mol. The quantitative estimate of drug-likeness (QED) is 0.634. The average Bonchev–Trinajstić information content (AvgIpc) is 2.70. The summed E-state index contributed by atoms with van der Waals surface area (Å²) in [6, 6.07) is 2.51. The number of rotatable bonds is 4. The van der Waals surface area contributed by atoms with Crippen molar-refractivity contribution in [3.8, 4) is 6.07 Å². The summed E-state index contributed by atoms with van der Waals surface area (Å²) in [4.78, 5) is 14.3. The SMILES string of the molecule is N#CCN1CCC(NC(=O)CC2CCCCCC2)CC1. The molecule has 1 aliphatic heterocycles. The maximum absolute atomic E-state index is 12.1. The molecule has 20 heavy (non-hydrogen) atoms.